The summed E-state index contributed by atoms with van der Waals surface area (Å²) >= 11 is 1.47. The number of hydrogen-bond acceptors (Lipinski definition) is 3. The van der Waals surface area contributed by atoms with Crippen LogP contribution in [0, 0.1) is 13.8 Å². The number of nitrogens with two attached hydrogens (primary N) is 2. The number of hydrazone groups is 1. The van der Waals surface area contributed by atoms with Gasteiger partial charge in [0, 0.05) is 5.75 Å². The summed E-state index contributed by atoms with van der Waals surface area (Å²) in [4.78, 5) is 0. The molecule has 1 rings (SSSR count). The van der Waals surface area contributed by atoms with Crippen LogP contribution in [0.3, 0.4) is 0 Å². The van der Waals surface area contributed by atoms with Gasteiger partial charge in [-0.05, 0) is 41.5 Å². The fourth-order valence-electron chi connectivity index (χ4n) is 1.84. The Morgan fingerprint density at radius 2 is 1.72 bits per heavy atom. The second-order valence-electron chi connectivity index (χ2n) is 5.59. The Balaban J connectivity index is 3.02. The van der Waals surface area contributed by atoms with E-state index in [1.165, 1.54) is 34.0 Å². The van der Waals surface area contributed by atoms with Crippen molar-refractivity contribution in [3.8, 4) is 0 Å². The Morgan fingerprint density at radius 3 is 2.11 bits per heavy atom. The summed E-state index contributed by atoms with van der Waals surface area (Å²) in [5.74, 6) is 5.95. The first-order chi connectivity index (χ1) is 8.25. The van der Waals surface area contributed by atoms with E-state index in [0.717, 1.165) is 5.75 Å². The Hall–Kier alpha value is -1.16. The van der Waals surface area contributed by atoms with E-state index < -0.39 is 0 Å². The molecule has 0 heterocycles. The molecule has 4 heteroatoms. The summed E-state index contributed by atoms with van der Waals surface area (Å²) in [6.07, 6.45) is 0. The maximum Gasteiger partial charge on any atom is 0.177 e. The smallest absolute Gasteiger partial charge is 0.177 e. The quantitative estimate of drug-likeness (QED) is 0.374. The van der Waals surface area contributed by atoms with Crippen molar-refractivity contribution in [1.29, 1.82) is 0 Å². The van der Waals surface area contributed by atoms with Crippen molar-refractivity contribution in [2.75, 3.05) is 0 Å². The molecule has 0 amide bonds. The van der Waals surface area contributed by atoms with Gasteiger partial charge >= 0.3 is 0 Å². The summed E-state index contributed by atoms with van der Waals surface area (Å²) in [7, 11) is 0. The molecular formula is C14H23N3S. The molecule has 4 N–H and O–H groups in total. The van der Waals surface area contributed by atoms with Crippen molar-refractivity contribution in [2.45, 2.75) is 45.8 Å². The van der Waals surface area contributed by atoms with E-state index in [2.05, 4.69) is 51.9 Å². The SMILES string of the molecule is Cc1cc(C(C)(C)C)cc(C)c1CSC(N)=NN. The zero-order valence-electron chi connectivity index (χ0n) is 11.9. The average molecular weight is 265 g/mol. The summed E-state index contributed by atoms with van der Waals surface area (Å²) in [6.45, 7) is 11.0. The molecule has 0 aliphatic heterocycles. The lowest BCUT2D eigenvalue weighted by molar-refractivity contribution is 0.589. The van der Waals surface area contributed by atoms with Crippen LogP contribution in [-0.4, -0.2) is 5.17 Å². The molecule has 0 atom stereocenters. The minimum Gasteiger partial charge on any atom is -0.377 e. The highest BCUT2D eigenvalue weighted by Gasteiger charge is 2.16. The number of hydrogen-bond donors (Lipinski definition) is 2. The zero-order valence-corrected chi connectivity index (χ0v) is 12.7. The van der Waals surface area contributed by atoms with Crippen LogP contribution in [-0.2, 0) is 11.2 Å². The fourth-order valence-corrected chi connectivity index (χ4v) is 2.66. The van der Waals surface area contributed by atoms with Gasteiger partial charge in [-0.25, -0.2) is 0 Å². The van der Waals surface area contributed by atoms with Gasteiger partial charge in [0.15, 0.2) is 5.17 Å². The molecule has 0 saturated carbocycles. The van der Waals surface area contributed by atoms with Gasteiger partial charge in [0.1, 0.15) is 0 Å². The van der Waals surface area contributed by atoms with Crippen LogP contribution in [0.1, 0.15) is 43.0 Å². The van der Waals surface area contributed by atoms with E-state index >= 15 is 0 Å². The van der Waals surface area contributed by atoms with Crippen molar-refractivity contribution < 1.29 is 0 Å². The molecule has 1 aromatic rings. The van der Waals surface area contributed by atoms with E-state index in [1.54, 1.807) is 0 Å². The van der Waals surface area contributed by atoms with Crippen molar-refractivity contribution in [3.05, 3.63) is 34.4 Å². The Labute approximate surface area is 114 Å². The summed E-state index contributed by atoms with van der Waals surface area (Å²) < 4.78 is 0. The first kappa shape index (κ1) is 14.9. The molecule has 0 saturated heterocycles. The largest absolute Gasteiger partial charge is 0.377 e. The topological polar surface area (TPSA) is 64.4 Å². The van der Waals surface area contributed by atoms with E-state index in [-0.39, 0.29) is 5.41 Å². The maximum absolute atomic E-state index is 5.61. The molecule has 0 unspecified atom stereocenters. The van der Waals surface area contributed by atoms with Crippen molar-refractivity contribution >= 4 is 16.9 Å². The number of benzene rings is 1. The second-order valence-corrected chi connectivity index (χ2v) is 6.59. The molecule has 0 aliphatic rings. The van der Waals surface area contributed by atoms with Gasteiger partial charge in [-0.1, -0.05) is 44.7 Å². The predicted molar refractivity (Wildman–Crippen MR) is 81.7 cm³/mol. The number of thioether (sulfide) groups is 1. The highest BCUT2D eigenvalue weighted by Crippen LogP contribution is 2.28. The third kappa shape index (κ3) is 3.67. The highest BCUT2D eigenvalue weighted by molar-refractivity contribution is 8.13. The molecule has 3 nitrogen and oxygen atoms in total. The molecule has 100 valence electrons. The van der Waals surface area contributed by atoms with E-state index in [9.17, 15) is 0 Å². The zero-order chi connectivity index (χ0) is 13.9. The van der Waals surface area contributed by atoms with Gasteiger partial charge in [-0.3, -0.25) is 0 Å². The lowest BCUT2D eigenvalue weighted by Crippen LogP contribution is -2.13. The summed E-state index contributed by atoms with van der Waals surface area (Å²) in [5, 5.41) is 3.90. The van der Waals surface area contributed by atoms with Crippen LogP contribution in [0.15, 0.2) is 17.2 Å². The Morgan fingerprint density at radius 1 is 1.22 bits per heavy atom. The van der Waals surface area contributed by atoms with Crippen molar-refractivity contribution in [2.24, 2.45) is 16.7 Å². The molecular weight excluding hydrogens is 242 g/mol. The number of aryl methyl sites for hydroxylation is 2. The monoisotopic (exact) mass is 265 g/mol. The minimum atomic E-state index is 0.180. The summed E-state index contributed by atoms with van der Waals surface area (Å²) in [5.41, 5.74) is 11.1. The molecule has 1 aromatic carbocycles. The van der Waals surface area contributed by atoms with Crippen LogP contribution >= 0.6 is 11.8 Å². The first-order valence-electron chi connectivity index (χ1n) is 6.02. The maximum atomic E-state index is 5.61. The second kappa shape index (κ2) is 5.65. The van der Waals surface area contributed by atoms with E-state index in [0.29, 0.717) is 5.17 Å². The lowest BCUT2D eigenvalue weighted by Gasteiger charge is -2.22. The third-order valence-corrected chi connectivity index (χ3v) is 3.89. The average Bonchev–Trinajstić information content (AvgIpc) is 2.26. The molecule has 0 radical (unpaired) electrons. The van der Waals surface area contributed by atoms with Crippen LogP contribution < -0.4 is 11.6 Å². The predicted octanol–water partition coefficient (Wildman–Crippen LogP) is 3.02. The van der Waals surface area contributed by atoms with Gasteiger partial charge in [-0.15, -0.1) is 0 Å². The Bertz CT molecular complexity index is 436. The lowest BCUT2D eigenvalue weighted by atomic mass is 9.84. The molecule has 0 aliphatic carbocycles. The van der Waals surface area contributed by atoms with Gasteiger partial charge in [0.05, 0.1) is 0 Å². The number of amidine groups is 1. The van der Waals surface area contributed by atoms with Crippen LogP contribution in [0.5, 0.6) is 0 Å². The number of rotatable bonds is 2. The molecule has 0 aromatic heterocycles. The van der Waals surface area contributed by atoms with Gasteiger partial charge < -0.3 is 11.6 Å². The minimum absolute atomic E-state index is 0.180. The van der Waals surface area contributed by atoms with Gasteiger partial charge in [0.25, 0.3) is 0 Å². The molecule has 18 heavy (non-hydrogen) atoms. The van der Waals surface area contributed by atoms with E-state index in [4.69, 9.17) is 11.6 Å². The number of nitrogens with zero attached hydrogens (tertiary/aromatic N) is 1. The first-order valence-corrected chi connectivity index (χ1v) is 7.01. The standard InChI is InChI=1S/C14H23N3S/c1-9-6-11(14(3,4)5)7-10(2)12(9)8-18-13(15)17-16/h6-7H,8,16H2,1-5H3,(H2,15,17). The van der Waals surface area contributed by atoms with Crippen LogP contribution in [0.4, 0.5) is 0 Å². The highest BCUT2D eigenvalue weighted by atomic mass is 32.2. The van der Waals surface area contributed by atoms with Crippen LogP contribution in [0.25, 0.3) is 0 Å². The van der Waals surface area contributed by atoms with Gasteiger partial charge in [0.2, 0.25) is 0 Å². The fraction of sp³-hybridized carbons (Fsp3) is 0.500. The van der Waals surface area contributed by atoms with Crippen molar-refractivity contribution in [1.82, 2.24) is 0 Å². The van der Waals surface area contributed by atoms with Crippen LogP contribution in [0.2, 0.25) is 0 Å². The van der Waals surface area contributed by atoms with E-state index in [1.807, 2.05) is 0 Å². The Kier molecular flexibility index (Phi) is 4.68. The molecule has 0 bridgehead atoms. The molecule has 0 spiro atoms. The van der Waals surface area contributed by atoms with Gasteiger partial charge in [-0.2, -0.15) is 5.10 Å². The summed E-state index contributed by atoms with van der Waals surface area (Å²) in [6, 6.07) is 4.53. The molecule has 0 fully saturated rings. The third-order valence-electron chi connectivity index (χ3n) is 3.05. The van der Waals surface area contributed by atoms with Crippen molar-refractivity contribution in [3.63, 3.8) is 0 Å². The normalized spacial score (nSPS) is 12.8.